The summed E-state index contributed by atoms with van der Waals surface area (Å²) in [6.07, 6.45) is 0. The van der Waals surface area contributed by atoms with Crippen molar-refractivity contribution in [2.75, 3.05) is 4.90 Å². The molecule has 1 aromatic heterocycles. The zero-order valence-corrected chi connectivity index (χ0v) is 29.7. The fourth-order valence-electron chi connectivity index (χ4n) is 8.03. The van der Waals surface area contributed by atoms with Crippen LogP contribution in [0.2, 0.25) is 0 Å². The van der Waals surface area contributed by atoms with Gasteiger partial charge in [0.1, 0.15) is 0 Å². The van der Waals surface area contributed by atoms with Gasteiger partial charge in [0.05, 0.1) is 16.7 Å². The minimum absolute atomic E-state index is 1.09. The molecule has 0 saturated carbocycles. The average molecular weight is 689 g/mol. The molecule has 0 atom stereocenters. The maximum atomic E-state index is 2.44. The Balaban J connectivity index is 1.25. The first kappa shape index (κ1) is 31.6. The van der Waals surface area contributed by atoms with Crippen molar-refractivity contribution in [3.63, 3.8) is 0 Å². The van der Waals surface area contributed by atoms with Crippen LogP contribution in [0, 0.1) is 0 Å². The number of hydrogen-bond acceptors (Lipinski definition) is 1. The van der Waals surface area contributed by atoms with Crippen LogP contribution >= 0.6 is 0 Å². The first-order valence-corrected chi connectivity index (χ1v) is 18.5. The van der Waals surface area contributed by atoms with Crippen molar-refractivity contribution in [3.8, 4) is 39.1 Å². The SMILES string of the molecule is c1ccc(-c2ccc(N(c3ccc4c5ccccc5n(-c5ccccc5)c4c3)c3ccc(-c4ccccc4)cc3-c3cccc4ccccc34)cc2)cc1. The Labute approximate surface area is 315 Å². The van der Waals surface area contributed by atoms with E-state index in [-0.39, 0.29) is 0 Å². The van der Waals surface area contributed by atoms with Crippen LogP contribution < -0.4 is 4.90 Å². The van der Waals surface area contributed by atoms with Gasteiger partial charge in [-0.1, -0.05) is 164 Å². The summed E-state index contributed by atoms with van der Waals surface area (Å²) >= 11 is 0. The first-order valence-electron chi connectivity index (χ1n) is 18.5. The smallest absolute Gasteiger partial charge is 0.0561 e. The molecule has 0 fully saturated rings. The first-order chi connectivity index (χ1) is 26.8. The van der Waals surface area contributed by atoms with E-state index in [4.69, 9.17) is 0 Å². The summed E-state index contributed by atoms with van der Waals surface area (Å²) in [4.78, 5) is 2.44. The van der Waals surface area contributed by atoms with E-state index in [0.717, 1.165) is 22.7 Å². The van der Waals surface area contributed by atoms with Gasteiger partial charge < -0.3 is 9.47 Å². The summed E-state index contributed by atoms with van der Waals surface area (Å²) in [5, 5.41) is 4.92. The van der Waals surface area contributed by atoms with Gasteiger partial charge in [0.2, 0.25) is 0 Å². The number of rotatable bonds is 7. The summed E-state index contributed by atoms with van der Waals surface area (Å²) in [7, 11) is 0. The van der Waals surface area contributed by atoms with Gasteiger partial charge in [-0.25, -0.2) is 0 Å². The Morgan fingerprint density at radius 1 is 0.315 bits per heavy atom. The van der Waals surface area contributed by atoms with Gasteiger partial charge in [0.15, 0.2) is 0 Å². The number of fused-ring (bicyclic) bond motifs is 4. The predicted octanol–water partition coefficient (Wildman–Crippen LogP) is 14.4. The van der Waals surface area contributed by atoms with E-state index in [0.29, 0.717) is 0 Å². The van der Waals surface area contributed by atoms with E-state index in [1.165, 1.54) is 66.0 Å². The van der Waals surface area contributed by atoms with Gasteiger partial charge in [-0.3, -0.25) is 0 Å². The number of nitrogens with zero attached hydrogens (tertiary/aromatic N) is 2. The lowest BCUT2D eigenvalue weighted by atomic mass is 9.93. The van der Waals surface area contributed by atoms with Crippen LogP contribution in [-0.4, -0.2) is 4.57 Å². The highest BCUT2D eigenvalue weighted by Crippen LogP contribution is 2.46. The van der Waals surface area contributed by atoms with Crippen LogP contribution in [0.1, 0.15) is 0 Å². The van der Waals surface area contributed by atoms with Crippen molar-refractivity contribution in [1.29, 1.82) is 0 Å². The molecule has 0 aliphatic heterocycles. The average Bonchev–Trinajstić information content (AvgIpc) is 3.58. The third-order valence-electron chi connectivity index (χ3n) is 10.6. The molecule has 1 heterocycles. The molecule has 0 unspecified atom stereocenters. The fourth-order valence-corrected chi connectivity index (χ4v) is 8.03. The van der Waals surface area contributed by atoms with Crippen molar-refractivity contribution < 1.29 is 0 Å². The Morgan fingerprint density at radius 3 is 1.63 bits per heavy atom. The molecule has 0 saturated heterocycles. The lowest BCUT2D eigenvalue weighted by Gasteiger charge is -2.29. The highest BCUT2D eigenvalue weighted by atomic mass is 15.1. The number of anilines is 3. The Bertz CT molecular complexity index is 2900. The van der Waals surface area contributed by atoms with Gasteiger partial charge >= 0.3 is 0 Å². The molecule has 0 aliphatic rings. The Kier molecular flexibility index (Phi) is 7.85. The largest absolute Gasteiger partial charge is 0.310 e. The summed E-state index contributed by atoms with van der Waals surface area (Å²) in [5.74, 6) is 0. The maximum absolute atomic E-state index is 2.44. The van der Waals surface area contributed by atoms with Crippen LogP contribution in [0.5, 0.6) is 0 Å². The van der Waals surface area contributed by atoms with Crippen molar-refractivity contribution in [2.24, 2.45) is 0 Å². The molecule has 0 radical (unpaired) electrons. The predicted molar refractivity (Wildman–Crippen MR) is 229 cm³/mol. The number of para-hydroxylation sites is 2. The molecule has 0 aliphatic carbocycles. The third kappa shape index (κ3) is 5.53. The van der Waals surface area contributed by atoms with Crippen molar-refractivity contribution in [3.05, 3.63) is 218 Å². The molecule has 2 heteroatoms. The van der Waals surface area contributed by atoms with Crippen LogP contribution in [-0.2, 0) is 0 Å². The molecule has 9 aromatic carbocycles. The van der Waals surface area contributed by atoms with E-state index in [1.807, 2.05) is 0 Å². The number of benzene rings is 9. The van der Waals surface area contributed by atoms with Crippen molar-refractivity contribution in [1.82, 2.24) is 4.57 Å². The normalized spacial score (nSPS) is 11.3. The van der Waals surface area contributed by atoms with E-state index in [1.54, 1.807) is 0 Å². The third-order valence-corrected chi connectivity index (χ3v) is 10.6. The molecule has 2 nitrogen and oxygen atoms in total. The second-order valence-corrected chi connectivity index (χ2v) is 13.8. The Morgan fingerprint density at radius 2 is 0.870 bits per heavy atom. The quantitative estimate of drug-likeness (QED) is 0.162. The standard InChI is InChI=1S/C52H36N2/c1-4-15-37(16-5-1)39-27-30-43(31-28-39)53(44-32-33-48-47-24-12-13-26-50(47)54(52(48)36-44)42-21-8-3-9-22-42)51-34-29-41(38-17-6-2-7-18-38)35-49(51)46-25-14-20-40-19-10-11-23-45(40)46/h1-36H. The van der Waals surface area contributed by atoms with Crippen molar-refractivity contribution >= 4 is 49.6 Å². The molecular formula is C52H36N2. The van der Waals surface area contributed by atoms with E-state index >= 15 is 0 Å². The summed E-state index contributed by atoms with van der Waals surface area (Å²) in [6.45, 7) is 0. The molecule has 0 N–H and O–H groups in total. The molecule has 0 amide bonds. The minimum Gasteiger partial charge on any atom is -0.310 e. The summed E-state index contributed by atoms with van der Waals surface area (Å²) in [6, 6.07) is 79.0. The molecule has 10 rings (SSSR count). The Hall–Kier alpha value is -7.16. The monoisotopic (exact) mass is 688 g/mol. The van der Waals surface area contributed by atoms with Gasteiger partial charge in [-0.2, -0.15) is 0 Å². The number of hydrogen-bond donors (Lipinski definition) is 0. The molecular weight excluding hydrogens is 653 g/mol. The highest BCUT2D eigenvalue weighted by molar-refractivity contribution is 6.11. The van der Waals surface area contributed by atoms with E-state index < -0.39 is 0 Å². The lowest BCUT2D eigenvalue weighted by Crippen LogP contribution is -2.11. The van der Waals surface area contributed by atoms with Crippen LogP contribution in [0.4, 0.5) is 17.1 Å². The zero-order chi connectivity index (χ0) is 35.8. The second kappa shape index (κ2) is 13.4. The van der Waals surface area contributed by atoms with Crippen LogP contribution in [0.25, 0.3) is 71.6 Å². The summed E-state index contributed by atoms with van der Waals surface area (Å²) in [5.41, 5.74) is 13.9. The maximum Gasteiger partial charge on any atom is 0.0561 e. The molecule has 254 valence electrons. The van der Waals surface area contributed by atoms with E-state index in [9.17, 15) is 0 Å². The van der Waals surface area contributed by atoms with Crippen LogP contribution in [0.15, 0.2) is 218 Å². The highest BCUT2D eigenvalue weighted by Gasteiger charge is 2.22. The molecule has 0 spiro atoms. The summed E-state index contributed by atoms with van der Waals surface area (Å²) < 4.78 is 2.40. The number of aromatic nitrogens is 1. The fraction of sp³-hybridized carbons (Fsp3) is 0. The lowest BCUT2D eigenvalue weighted by molar-refractivity contribution is 1.18. The topological polar surface area (TPSA) is 8.17 Å². The zero-order valence-electron chi connectivity index (χ0n) is 29.7. The van der Waals surface area contributed by atoms with Gasteiger partial charge in [-0.05, 0) is 93.2 Å². The van der Waals surface area contributed by atoms with Crippen LogP contribution in [0.3, 0.4) is 0 Å². The molecule has 10 aromatic rings. The molecule has 0 bridgehead atoms. The second-order valence-electron chi connectivity index (χ2n) is 13.8. The van der Waals surface area contributed by atoms with Crippen molar-refractivity contribution in [2.45, 2.75) is 0 Å². The van der Waals surface area contributed by atoms with Gasteiger partial charge in [0, 0.05) is 33.4 Å². The van der Waals surface area contributed by atoms with E-state index in [2.05, 4.69) is 228 Å². The minimum atomic E-state index is 1.09. The van der Waals surface area contributed by atoms with Gasteiger partial charge in [-0.15, -0.1) is 0 Å². The van der Waals surface area contributed by atoms with Gasteiger partial charge in [0.25, 0.3) is 0 Å². The molecule has 54 heavy (non-hydrogen) atoms.